The SMILES string of the molecule is COc1cc(-c2c(C(=O)O)c(N)[nH]c(=O)c2C(=O)O)ccc1OCC(=O)Nc1c(C)n(C)n(-c2ccccc2)c1=O. The van der Waals surface area contributed by atoms with Crippen molar-refractivity contribution in [2.45, 2.75) is 6.92 Å². The average molecular weight is 564 g/mol. The monoisotopic (exact) mass is 563 g/mol. The number of ether oxygens (including phenoxy) is 2. The van der Waals surface area contributed by atoms with Crippen LogP contribution in [0.3, 0.4) is 0 Å². The van der Waals surface area contributed by atoms with Gasteiger partial charge in [0.2, 0.25) is 0 Å². The molecule has 0 atom stereocenters. The van der Waals surface area contributed by atoms with E-state index in [0.717, 1.165) is 0 Å². The number of aromatic nitrogens is 3. The zero-order valence-electron chi connectivity index (χ0n) is 22.0. The number of pyridine rings is 1. The van der Waals surface area contributed by atoms with Crippen LogP contribution in [0.1, 0.15) is 26.4 Å². The number of benzene rings is 2. The number of H-pyrrole nitrogens is 1. The third-order valence-electron chi connectivity index (χ3n) is 6.30. The average Bonchev–Trinajstić information content (AvgIpc) is 3.14. The van der Waals surface area contributed by atoms with Gasteiger partial charge in [-0.15, -0.1) is 0 Å². The first-order valence-corrected chi connectivity index (χ1v) is 11.9. The fourth-order valence-electron chi connectivity index (χ4n) is 4.31. The number of carbonyl (C=O) groups is 3. The number of para-hydroxylation sites is 1. The second-order valence-electron chi connectivity index (χ2n) is 8.74. The molecule has 14 nitrogen and oxygen atoms in total. The third kappa shape index (κ3) is 5.25. The molecule has 1 amide bonds. The number of aromatic carboxylic acids is 2. The molecule has 0 saturated carbocycles. The highest BCUT2D eigenvalue weighted by atomic mass is 16.5. The molecule has 2 aromatic carbocycles. The van der Waals surface area contributed by atoms with Crippen LogP contribution in [0, 0.1) is 6.92 Å². The molecule has 6 N–H and O–H groups in total. The Kier molecular flexibility index (Phi) is 7.67. The maximum absolute atomic E-state index is 13.0. The van der Waals surface area contributed by atoms with Gasteiger partial charge in [-0.05, 0) is 36.8 Å². The number of aromatic amines is 1. The number of nitrogen functional groups attached to an aromatic ring is 1. The number of methoxy groups -OCH3 is 1. The number of carboxylic acid groups (broad SMARTS) is 2. The first kappa shape index (κ1) is 28.2. The number of carboxylic acids is 2. The number of amides is 1. The van der Waals surface area contributed by atoms with Gasteiger partial charge in [-0.25, -0.2) is 14.3 Å². The summed E-state index contributed by atoms with van der Waals surface area (Å²) in [6.07, 6.45) is 0. The molecule has 0 fully saturated rings. The summed E-state index contributed by atoms with van der Waals surface area (Å²) in [7, 11) is 2.95. The highest BCUT2D eigenvalue weighted by Crippen LogP contribution is 2.36. The molecule has 212 valence electrons. The Morgan fingerprint density at radius 2 is 1.66 bits per heavy atom. The molecule has 14 heteroatoms. The van der Waals surface area contributed by atoms with Gasteiger partial charge >= 0.3 is 11.9 Å². The summed E-state index contributed by atoms with van der Waals surface area (Å²) in [4.78, 5) is 63.8. The molecule has 0 saturated heterocycles. The van der Waals surface area contributed by atoms with Gasteiger partial charge in [0, 0.05) is 12.6 Å². The molecule has 0 aliphatic carbocycles. The summed E-state index contributed by atoms with van der Waals surface area (Å²) in [6, 6.07) is 12.7. The lowest BCUT2D eigenvalue weighted by Gasteiger charge is -2.15. The lowest BCUT2D eigenvalue weighted by atomic mass is 9.95. The number of nitrogens with two attached hydrogens (primary N) is 1. The van der Waals surface area contributed by atoms with E-state index in [4.69, 9.17) is 15.2 Å². The number of hydrogen-bond acceptors (Lipinski definition) is 8. The smallest absolute Gasteiger partial charge is 0.342 e. The number of anilines is 2. The van der Waals surface area contributed by atoms with Gasteiger partial charge in [-0.1, -0.05) is 24.3 Å². The van der Waals surface area contributed by atoms with Crippen LogP contribution in [0.25, 0.3) is 16.8 Å². The van der Waals surface area contributed by atoms with Crippen LogP contribution in [-0.4, -0.2) is 56.1 Å². The first-order chi connectivity index (χ1) is 19.5. The summed E-state index contributed by atoms with van der Waals surface area (Å²) in [5.41, 5.74) is 3.48. The Balaban J connectivity index is 1.62. The minimum absolute atomic E-state index is 0.00385. The van der Waals surface area contributed by atoms with Crippen molar-refractivity contribution in [3.8, 4) is 28.3 Å². The summed E-state index contributed by atoms with van der Waals surface area (Å²) in [5.74, 6) is -4.35. The molecule has 2 aromatic heterocycles. The summed E-state index contributed by atoms with van der Waals surface area (Å²) < 4.78 is 13.9. The highest BCUT2D eigenvalue weighted by molar-refractivity contribution is 6.07. The largest absolute Gasteiger partial charge is 0.493 e. The van der Waals surface area contributed by atoms with E-state index in [9.17, 15) is 34.2 Å². The fourth-order valence-corrected chi connectivity index (χ4v) is 4.31. The molecule has 0 aliphatic heterocycles. The Morgan fingerprint density at radius 1 is 1.00 bits per heavy atom. The van der Waals surface area contributed by atoms with Gasteiger partial charge < -0.3 is 35.7 Å². The van der Waals surface area contributed by atoms with E-state index in [-0.39, 0.29) is 22.7 Å². The van der Waals surface area contributed by atoms with Gasteiger partial charge in [-0.3, -0.25) is 19.1 Å². The number of carbonyl (C=O) groups excluding carboxylic acids is 1. The Bertz CT molecular complexity index is 1800. The van der Waals surface area contributed by atoms with Crippen molar-refractivity contribution in [1.29, 1.82) is 0 Å². The topological polar surface area (TPSA) is 208 Å². The highest BCUT2D eigenvalue weighted by Gasteiger charge is 2.27. The minimum atomic E-state index is -1.66. The molecule has 0 radical (unpaired) electrons. The van der Waals surface area contributed by atoms with Crippen LogP contribution in [-0.2, 0) is 11.8 Å². The Hall–Kier alpha value is -5.79. The van der Waals surface area contributed by atoms with Crippen molar-refractivity contribution in [3.63, 3.8) is 0 Å². The van der Waals surface area contributed by atoms with Gasteiger partial charge in [0.15, 0.2) is 18.1 Å². The zero-order valence-corrected chi connectivity index (χ0v) is 22.0. The molecule has 2 heterocycles. The normalized spacial score (nSPS) is 10.7. The molecular weight excluding hydrogens is 538 g/mol. The van der Waals surface area contributed by atoms with Crippen molar-refractivity contribution in [2.75, 3.05) is 24.8 Å². The second kappa shape index (κ2) is 11.1. The summed E-state index contributed by atoms with van der Waals surface area (Å²) in [6.45, 7) is 1.14. The standard InChI is InChI=1S/C27H25N5O9/c1-13-22(25(35)32(31(13)2)15-7-5-4-6-8-15)29-18(33)12-41-16-10-9-14(11-17(16)40-3)19-20(26(36)37)23(28)30-24(34)21(19)27(38)39/h4-11H,12H2,1-3H3,(H,29,33)(H,36,37)(H,38,39)(H3,28,30,34). The van der Waals surface area contributed by atoms with Gasteiger partial charge in [0.25, 0.3) is 17.0 Å². The van der Waals surface area contributed by atoms with Crippen molar-refractivity contribution in [2.24, 2.45) is 7.05 Å². The molecule has 0 bridgehead atoms. The zero-order chi connectivity index (χ0) is 30.0. The van der Waals surface area contributed by atoms with Crippen LogP contribution < -0.4 is 31.6 Å². The minimum Gasteiger partial charge on any atom is -0.493 e. The van der Waals surface area contributed by atoms with Crippen LogP contribution in [0.5, 0.6) is 11.5 Å². The maximum Gasteiger partial charge on any atom is 0.342 e. The van der Waals surface area contributed by atoms with E-state index in [2.05, 4.69) is 5.32 Å². The molecule has 0 aliphatic rings. The Morgan fingerprint density at radius 3 is 2.27 bits per heavy atom. The molecule has 4 rings (SSSR count). The summed E-state index contributed by atoms with van der Waals surface area (Å²) >= 11 is 0. The maximum atomic E-state index is 13.0. The molecule has 0 spiro atoms. The first-order valence-electron chi connectivity index (χ1n) is 11.9. The van der Waals surface area contributed by atoms with Gasteiger partial charge in [0.1, 0.15) is 22.6 Å². The van der Waals surface area contributed by atoms with Crippen molar-refractivity contribution in [1.82, 2.24) is 14.3 Å². The number of nitrogens with one attached hydrogen (secondary N) is 2. The van der Waals surface area contributed by atoms with Gasteiger partial charge in [0.05, 0.1) is 18.5 Å². The predicted molar refractivity (Wildman–Crippen MR) is 147 cm³/mol. The van der Waals surface area contributed by atoms with Gasteiger partial charge in [-0.2, -0.15) is 0 Å². The molecule has 4 aromatic rings. The Labute approximate surface area is 231 Å². The van der Waals surface area contributed by atoms with Crippen LogP contribution in [0.2, 0.25) is 0 Å². The fraction of sp³-hybridized carbons (Fsp3) is 0.148. The quantitative estimate of drug-likeness (QED) is 0.200. The van der Waals surface area contributed by atoms with Crippen LogP contribution in [0.15, 0.2) is 58.1 Å². The van der Waals surface area contributed by atoms with Crippen molar-refractivity contribution < 1.29 is 34.1 Å². The summed E-state index contributed by atoms with van der Waals surface area (Å²) in [5, 5.41) is 21.8. The van der Waals surface area contributed by atoms with E-state index in [1.165, 1.54) is 30.0 Å². The number of hydrogen-bond donors (Lipinski definition) is 5. The van der Waals surface area contributed by atoms with Crippen molar-refractivity contribution >= 4 is 29.4 Å². The lowest BCUT2D eigenvalue weighted by molar-refractivity contribution is -0.118. The third-order valence-corrected chi connectivity index (χ3v) is 6.30. The van der Waals surface area contributed by atoms with Crippen molar-refractivity contribution in [3.05, 3.63) is 86.1 Å². The van der Waals surface area contributed by atoms with E-state index >= 15 is 0 Å². The number of nitrogens with zero attached hydrogens (tertiary/aromatic N) is 2. The van der Waals surface area contributed by atoms with E-state index < -0.39 is 58.1 Å². The second-order valence-corrected chi connectivity index (χ2v) is 8.74. The van der Waals surface area contributed by atoms with Crippen LogP contribution >= 0.6 is 0 Å². The van der Waals surface area contributed by atoms with Crippen LogP contribution in [0.4, 0.5) is 11.5 Å². The molecule has 41 heavy (non-hydrogen) atoms. The predicted octanol–water partition coefficient (Wildman–Crippen LogP) is 1.84. The number of rotatable bonds is 9. The van der Waals surface area contributed by atoms with E-state index in [0.29, 0.717) is 11.4 Å². The molecular formula is C27H25N5O9. The van der Waals surface area contributed by atoms with E-state index in [1.54, 1.807) is 42.9 Å². The molecule has 0 unspecified atom stereocenters. The lowest BCUT2D eigenvalue weighted by Crippen LogP contribution is -2.25. The van der Waals surface area contributed by atoms with E-state index in [1.807, 2.05) is 11.1 Å².